The Bertz CT molecular complexity index is 1070. The average molecular weight is 371 g/mol. The van der Waals surface area contributed by atoms with Gasteiger partial charge in [-0.3, -0.25) is 0 Å². The number of nitrogens with one attached hydrogen (secondary N) is 1. The predicted molar refractivity (Wildman–Crippen MR) is 110 cm³/mol. The Kier molecular flexibility index (Phi) is 5.40. The summed E-state index contributed by atoms with van der Waals surface area (Å²) in [7, 11) is 0. The Morgan fingerprint density at radius 1 is 0.821 bits per heavy atom. The first-order valence-corrected chi connectivity index (χ1v) is 9.09. The number of ether oxygens (including phenoxy) is 1. The summed E-state index contributed by atoms with van der Waals surface area (Å²) in [5.74, 6) is 1.18. The lowest BCUT2D eigenvalue weighted by Crippen LogP contribution is -2.06. The molecule has 3 N–H and O–H groups in total. The van der Waals surface area contributed by atoms with Crippen molar-refractivity contribution >= 4 is 22.7 Å². The second kappa shape index (κ2) is 8.45. The molecule has 0 radical (unpaired) electrons. The minimum atomic E-state index is 0.443. The van der Waals surface area contributed by atoms with E-state index in [0.29, 0.717) is 31.2 Å². The molecule has 2 heterocycles. The van der Waals surface area contributed by atoms with Crippen LogP contribution < -0.4 is 11.1 Å². The van der Waals surface area contributed by atoms with Crippen LogP contribution in [0.3, 0.4) is 0 Å². The zero-order chi connectivity index (χ0) is 19.2. The fourth-order valence-electron chi connectivity index (χ4n) is 3.00. The molecule has 0 aliphatic heterocycles. The van der Waals surface area contributed by atoms with E-state index in [1.54, 1.807) is 6.07 Å². The molecule has 2 aromatic carbocycles. The van der Waals surface area contributed by atoms with E-state index in [-0.39, 0.29) is 0 Å². The predicted octanol–water partition coefficient (Wildman–Crippen LogP) is 3.94. The lowest BCUT2D eigenvalue weighted by molar-refractivity contribution is 0.106. The second-order valence-corrected chi connectivity index (χ2v) is 6.43. The van der Waals surface area contributed by atoms with Crippen molar-refractivity contribution < 1.29 is 4.74 Å². The first kappa shape index (κ1) is 17.9. The lowest BCUT2D eigenvalue weighted by Gasteiger charge is -2.12. The van der Waals surface area contributed by atoms with Gasteiger partial charge in [-0.15, -0.1) is 0 Å². The maximum Gasteiger partial charge on any atom is 0.166 e. The van der Waals surface area contributed by atoms with Crippen LogP contribution in [0.5, 0.6) is 0 Å². The molecule has 4 rings (SSSR count). The molecule has 28 heavy (non-hydrogen) atoms. The van der Waals surface area contributed by atoms with Crippen molar-refractivity contribution in [2.75, 3.05) is 11.1 Å². The summed E-state index contributed by atoms with van der Waals surface area (Å²) in [5, 5.41) is 4.23. The zero-order valence-corrected chi connectivity index (χ0v) is 15.4. The van der Waals surface area contributed by atoms with Crippen molar-refractivity contribution in [2.24, 2.45) is 0 Å². The van der Waals surface area contributed by atoms with Crippen LogP contribution in [0, 0.1) is 0 Å². The summed E-state index contributed by atoms with van der Waals surface area (Å²) in [6.07, 6.45) is 1.49. The SMILES string of the molecule is Nc1ccc2c(NCc3ccccc3COCc3ccccc3)ncnc2n1. The van der Waals surface area contributed by atoms with Crippen molar-refractivity contribution in [3.63, 3.8) is 0 Å². The molecule has 6 nitrogen and oxygen atoms in total. The van der Waals surface area contributed by atoms with Crippen LogP contribution in [-0.2, 0) is 24.5 Å². The molecule has 0 unspecified atom stereocenters. The number of rotatable bonds is 7. The number of anilines is 2. The number of hydrogen-bond donors (Lipinski definition) is 2. The van der Waals surface area contributed by atoms with Gasteiger partial charge >= 0.3 is 0 Å². The lowest BCUT2D eigenvalue weighted by atomic mass is 10.1. The maximum absolute atomic E-state index is 5.90. The molecule has 0 fully saturated rings. The third kappa shape index (κ3) is 4.24. The molecule has 0 aliphatic rings. The third-order valence-corrected chi connectivity index (χ3v) is 4.45. The summed E-state index contributed by atoms with van der Waals surface area (Å²) in [6, 6.07) is 22.0. The highest BCUT2D eigenvalue weighted by atomic mass is 16.5. The number of nitrogens with two attached hydrogens (primary N) is 1. The van der Waals surface area contributed by atoms with Crippen molar-refractivity contribution in [3.8, 4) is 0 Å². The minimum absolute atomic E-state index is 0.443. The Morgan fingerprint density at radius 3 is 2.46 bits per heavy atom. The number of hydrogen-bond acceptors (Lipinski definition) is 6. The van der Waals surface area contributed by atoms with E-state index in [0.717, 1.165) is 27.9 Å². The highest BCUT2D eigenvalue weighted by Gasteiger charge is 2.07. The topological polar surface area (TPSA) is 86.0 Å². The number of nitrogen functional groups attached to an aromatic ring is 1. The monoisotopic (exact) mass is 371 g/mol. The van der Waals surface area contributed by atoms with Gasteiger partial charge in [-0.1, -0.05) is 54.6 Å². The fraction of sp³-hybridized carbons (Fsp3) is 0.136. The molecule has 0 spiro atoms. The van der Waals surface area contributed by atoms with Crippen molar-refractivity contribution in [1.29, 1.82) is 0 Å². The molecule has 6 heteroatoms. The van der Waals surface area contributed by atoms with Crippen LogP contribution in [0.2, 0.25) is 0 Å². The van der Waals surface area contributed by atoms with Crippen molar-refractivity contribution in [2.45, 2.75) is 19.8 Å². The van der Waals surface area contributed by atoms with Gasteiger partial charge < -0.3 is 15.8 Å². The first-order chi connectivity index (χ1) is 13.8. The Morgan fingerprint density at radius 2 is 1.61 bits per heavy atom. The number of nitrogens with zero attached hydrogens (tertiary/aromatic N) is 3. The number of pyridine rings is 1. The van der Waals surface area contributed by atoms with Gasteiger partial charge in [0.05, 0.1) is 18.6 Å². The summed E-state index contributed by atoms with van der Waals surface area (Å²) in [5.41, 5.74) is 9.79. The van der Waals surface area contributed by atoms with Crippen LogP contribution in [0.25, 0.3) is 11.0 Å². The summed E-state index contributed by atoms with van der Waals surface area (Å²) < 4.78 is 5.90. The normalized spacial score (nSPS) is 10.9. The standard InChI is InChI=1S/C22H21N5O/c23-20-11-10-19-21(25-15-26-22(19)27-20)24-12-17-8-4-5-9-18(17)14-28-13-16-6-2-1-3-7-16/h1-11,15H,12-14H2,(H3,23,24,25,26,27). The number of benzene rings is 2. The highest BCUT2D eigenvalue weighted by Crippen LogP contribution is 2.20. The van der Waals surface area contributed by atoms with E-state index in [1.807, 2.05) is 36.4 Å². The molecular formula is C22H21N5O. The van der Waals surface area contributed by atoms with Gasteiger partial charge in [0.1, 0.15) is 18.0 Å². The van der Waals surface area contributed by atoms with Crippen molar-refractivity contribution in [1.82, 2.24) is 15.0 Å². The molecule has 0 aliphatic carbocycles. The summed E-state index contributed by atoms with van der Waals surface area (Å²) >= 11 is 0. The van der Waals surface area contributed by atoms with E-state index < -0.39 is 0 Å². The van der Waals surface area contributed by atoms with E-state index >= 15 is 0 Å². The van der Waals surface area contributed by atoms with Gasteiger partial charge in [-0.2, -0.15) is 0 Å². The van der Waals surface area contributed by atoms with Crippen LogP contribution in [0.1, 0.15) is 16.7 Å². The maximum atomic E-state index is 5.90. The zero-order valence-electron chi connectivity index (χ0n) is 15.4. The van der Waals surface area contributed by atoms with Gasteiger partial charge in [0.25, 0.3) is 0 Å². The van der Waals surface area contributed by atoms with Gasteiger partial charge in [-0.05, 0) is 28.8 Å². The smallest absolute Gasteiger partial charge is 0.166 e. The largest absolute Gasteiger partial charge is 0.384 e. The Hall–Kier alpha value is -3.51. The van der Waals surface area contributed by atoms with Gasteiger partial charge in [0, 0.05) is 6.54 Å². The van der Waals surface area contributed by atoms with E-state index in [4.69, 9.17) is 10.5 Å². The molecular weight excluding hydrogens is 350 g/mol. The minimum Gasteiger partial charge on any atom is -0.384 e. The second-order valence-electron chi connectivity index (χ2n) is 6.43. The number of aromatic nitrogens is 3. The molecule has 4 aromatic rings. The summed E-state index contributed by atoms with van der Waals surface area (Å²) in [4.78, 5) is 12.8. The summed E-state index contributed by atoms with van der Waals surface area (Å²) in [6.45, 7) is 1.77. The molecule has 0 bridgehead atoms. The van der Waals surface area contributed by atoms with E-state index in [2.05, 4.69) is 44.5 Å². The molecule has 0 saturated heterocycles. The van der Waals surface area contributed by atoms with Crippen LogP contribution >= 0.6 is 0 Å². The van der Waals surface area contributed by atoms with Gasteiger partial charge in [0.15, 0.2) is 5.65 Å². The first-order valence-electron chi connectivity index (χ1n) is 9.09. The highest BCUT2D eigenvalue weighted by molar-refractivity contribution is 5.87. The average Bonchev–Trinajstić information content (AvgIpc) is 2.73. The third-order valence-electron chi connectivity index (χ3n) is 4.45. The Labute approximate surface area is 163 Å². The molecule has 0 amide bonds. The van der Waals surface area contributed by atoms with Gasteiger partial charge in [0.2, 0.25) is 0 Å². The van der Waals surface area contributed by atoms with Crippen LogP contribution in [-0.4, -0.2) is 15.0 Å². The molecule has 0 atom stereocenters. The van der Waals surface area contributed by atoms with Crippen molar-refractivity contribution in [3.05, 3.63) is 89.7 Å². The Balaban J connectivity index is 1.44. The quantitative estimate of drug-likeness (QED) is 0.512. The van der Waals surface area contributed by atoms with E-state index in [9.17, 15) is 0 Å². The fourth-order valence-corrected chi connectivity index (χ4v) is 3.00. The van der Waals surface area contributed by atoms with Crippen LogP contribution in [0.15, 0.2) is 73.1 Å². The number of fused-ring (bicyclic) bond motifs is 1. The van der Waals surface area contributed by atoms with Crippen LogP contribution in [0.4, 0.5) is 11.6 Å². The van der Waals surface area contributed by atoms with Gasteiger partial charge in [-0.25, -0.2) is 15.0 Å². The molecule has 140 valence electrons. The molecule has 2 aromatic heterocycles. The van der Waals surface area contributed by atoms with E-state index in [1.165, 1.54) is 6.33 Å². The molecule has 0 saturated carbocycles.